The van der Waals surface area contributed by atoms with Gasteiger partial charge in [0.2, 0.25) is 0 Å². The number of carboxylic acids is 1. The molecule has 2 saturated heterocycles. The zero-order valence-corrected chi connectivity index (χ0v) is 16.9. The quantitative estimate of drug-likeness (QED) is 0.513. The van der Waals surface area contributed by atoms with Crippen LogP contribution in [0.15, 0.2) is 24.4 Å². The van der Waals surface area contributed by atoms with E-state index >= 15 is 0 Å². The first-order valence-corrected chi connectivity index (χ1v) is 9.85. The summed E-state index contributed by atoms with van der Waals surface area (Å²) >= 11 is 0. The predicted molar refractivity (Wildman–Crippen MR) is 102 cm³/mol. The van der Waals surface area contributed by atoms with Gasteiger partial charge >= 0.3 is 18.1 Å². The molecule has 3 heterocycles. The number of carbonyl (C=O) groups excluding carboxylic acids is 1. The van der Waals surface area contributed by atoms with E-state index in [2.05, 4.69) is 5.32 Å². The van der Waals surface area contributed by atoms with E-state index in [-0.39, 0.29) is 29.1 Å². The topological polar surface area (TPSA) is 89.8 Å². The molecule has 7 nitrogen and oxygen atoms in total. The number of hydrogen-bond donors (Lipinski definition) is 2. The van der Waals surface area contributed by atoms with Gasteiger partial charge in [0, 0.05) is 42.0 Å². The van der Waals surface area contributed by atoms with Crippen LogP contribution >= 0.6 is 0 Å². The number of carbonyl (C=O) groups is 2. The van der Waals surface area contributed by atoms with E-state index in [9.17, 15) is 31.1 Å². The lowest BCUT2D eigenvalue weighted by atomic mass is 9.94. The number of hydrogen-bond acceptors (Lipinski definition) is 5. The number of morpholine rings is 1. The standard InChI is InChI=1S/C18H19F3N2O3.C2HF3O2/c19-10-1-2-16-14(3-10)15(6-23(16)7-17(20)21)18(24)26-13-4-11-8-25-9-12(5-13)22-11;3-2(4,5)1(6)7/h1-3,6,11-13,17,22H,4-5,7-9H2;(H,6,7)/t11-,12+,13-;. The van der Waals surface area contributed by atoms with Crippen LogP contribution in [0.1, 0.15) is 23.2 Å². The summed E-state index contributed by atoms with van der Waals surface area (Å²) in [7, 11) is 0. The maximum Gasteiger partial charge on any atom is 0.490 e. The van der Waals surface area contributed by atoms with E-state index in [0.717, 1.165) is 0 Å². The average molecular weight is 482 g/mol. The minimum atomic E-state index is -5.08. The number of fused-ring (bicyclic) bond motifs is 3. The lowest BCUT2D eigenvalue weighted by molar-refractivity contribution is -0.192. The second kappa shape index (κ2) is 10.00. The molecular weight excluding hydrogens is 462 g/mol. The first kappa shape index (κ1) is 24.8. The van der Waals surface area contributed by atoms with Gasteiger partial charge in [-0.2, -0.15) is 13.2 Å². The van der Waals surface area contributed by atoms with Crippen molar-refractivity contribution in [2.75, 3.05) is 13.2 Å². The smallest absolute Gasteiger partial charge is 0.475 e. The highest BCUT2D eigenvalue weighted by Crippen LogP contribution is 2.27. The number of ether oxygens (including phenoxy) is 2. The molecular formula is C20H20F6N2O5. The van der Waals surface area contributed by atoms with Crippen LogP contribution in [-0.2, 0) is 20.8 Å². The molecule has 0 saturated carbocycles. The van der Waals surface area contributed by atoms with Crippen molar-refractivity contribution in [1.29, 1.82) is 0 Å². The summed E-state index contributed by atoms with van der Waals surface area (Å²) < 4.78 is 83.3. The number of carboxylic acid groups (broad SMARTS) is 1. The molecule has 2 bridgehead atoms. The summed E-state index contributed by atoms with van der Waals surface area (Å²) in [5, 5.41) is 10.8. The Bertz CT molecular complexity index is 997. The summed E-state index contributed by atoms with van der Waals surface area (Å²) in [5.41, 5.74) is 0.495. The van der Waals surface area contributed by atoms with Crippen molar-refractivity contribution >= 4 is 22.8 Å². The third kappa shape index (κ3) is 6.38. The number of esters is 1. The van der Waals surface area contributed by atoms with E-state index in [1.807, 2.05) is 0 Å². The van der Waals surface area contributed by atoms with Crippen molar-refractivity contribution in [3.05, 3.63) is 35.8 Å². The molecule has 2 aliphatic rings. The summed E-state index contributed by atoms with van der Waals surface area (Å²) in [6, 6.07) is 4.04. The third-order valence-corrected chi connectivity index (χ3v) is 5.12. The molecule has 13 heteroatoms. The highest BCUT2D eigenvalue weighted by Gasteiger charge is 2.38. The van der Waals surface area contributed by atoms with Gasteiger partial charge in [-0.05, 0) is 18.2 Å². The molecule has 3 atom stereocenters. The van der Waals surface area contributed by atoms with Gasteiger partial charge in [-0.1, -0.05) is 0 Å². The maximum absolute atomic E-state index is 13.6. The number of halogens is 6. The van der Waals surface area contributed by atoms with Crippen LogP contribution in [0.5, 0.6) is 0 Å². The Morgan fingerprint density at radius 2 is 1.82 bits per heavy atom. The van der Waals surface area contributed by atoms with Crippen LogP contribution < -0.4 is 5.32 Å². The van der Waals surface area contributed by atoms with Gasteiger partial charge < -0.3 is 24.5 Å². The molecule has 1 aromatic carbocycles. The Balaban J connectivity index is 0.000000383. The Morgan fingerprint density at radius 1 is 1.21 bits per heavy atom. The maximum atomic E-state index is 13.6. The number of nitrogens with one attached hydrogen (secondary N) is 1. The van der Waals surface area contributed by atoms with Crippen LogP contribution in [0.2, 0.25) is 0 Å². The first-order valence-electron chi connectivity index (χ1n) is 9.85. The van der Waals surface area contributed by atoms with Crippen LogP contribution in [-0.4, -0.2) is 65.6 Å². The Morgan fingerprint density at radius 3 is 2.36 bits per heavy atom. The zero-order valence-electron chi connectivity index (χ0n) is 16.9. The number of rotatable bonds is 4. The van der Waals surface area contributed by atoms with Gasteiger partial charge in [0.05, 0.1) is 25.3 Å². The van der Waals surface area contributed by atoms with E-state index in [1.165, 1.54) is 29.0 Å². The molecule has 4 rings (SSSR count). The van der Waals surface area contributed by atoms with E-state index < -0.39 is 36.9 Å². The number of aromatic nitrogens is 1. The molecule has 2 fully saturated rings. The van der Waals surface area contributed by atoms with Crippen LogP contribution in [0.25, 0.3) is 10.9 Å². The Labute approximate surface area is 183 Å². The Hall–Kier alpha value is -2.80. The second-order valence-corrected chi connectivity index (χ2v) is 7.65. The van der Waals surface area contributed by atoms with Crippen LogP contribution in [0.4, 0.5) is 26.3 Å². The Kier molecular flexibility index (Phi) is 7.52. The molecule has 0 amide bonds. The molecule has 2 aromatic rings. The second-order valence-electron chi connectivity index (χ2n) is 7.65. The molecule has 0 unspecified atom stereocenters. The summed E-state index contributed by atoms with van der Waals surface area (Å²) in [5.74, 6) is -3.90. The van der Waals surface area contributed by atoms with E-state index in [0.29, 0.717) is 31.6 Å². The molecule has 0 aliphatic carbocycles. The number of benzene rings is 1. The number of aliphatic carboxylic acids is 1. The predicted octanol–water partition coefficient (Wildman–Crippen LogP) is 3.36. The van der Waals surface area contributed by atoms with E-state index in [4.69, 9.17) is 19.4 Å². The fourth-order valence-electron chi connectivity index (χ4n) is 3.83. The number of piperidine rings is 1. The van der Waals surface area contributed by atoms with Crippen molar-refractivity contribution in [2.24, 2.45) is 0 Å². The highest BCUT2D eigenvalue weighted by atomic mass is 19.4. The van der Waals surface area contributed by atoms with Crippen molar-refractivity contribution in [2.45, 2.75) is 50.2 Å². The molecule has 2 N–H and O–H groups in total. The van der Waals surface area contributed by atoms with E-state index in [1.54, 1.807) is 0 Å². The van der Waals surface area contributed by atoms with Crippen LogP contribution in [0, 0.1) is 5.82 Å². The lowest BCUT2D eigenvalue weighted by Crippen LogP contribution is -2.56. The van der Waals surface area contributed by atoms with Crippen molar-refractivity contribution in [1.82, 2.24) is 9.88 Å². The largest absolute Gasteiger partial charge is 0.490 e. The first-order chi connectivity index (χ1) is 15.4. The molecule has 0 radical (unpaired) electrons. The fraction of sp³-hybridized carbons (Fsp3) is 0.500. The zero-order chi connectivity index (χ0) is 24.3. The minimum Gasteiger partial charge on any atom is -0.475 e. The molecule has 2 aliphatic heterocycles. The highest BCUT2D eigenvalue weighted by molar-refractivity contribution is 6.04. The fourth-order valence-corrected chi connectivity index (χ4v) is 3.83. The van der Waals surface area contributed by atoms with Gasteiger partial charge in [-0.25, -0.2) is 22.8 Å². The monoisotopic (exact) mass is 482 g/mol. The third-order valence-electron chi connectivity index (χ3n) is 5.12. The van der Waals surface area contributed by atoms with Gasteiger partial charge in [0.1, 0.15) is 11.9 Å². The lowest BCUT2D eigenvalue weighted by Gasteiger charge is -2.39. The minimum absolute atomic E-state index is 0.111. The van der Waals surface area contributed by atoms with Crippen molar-refractivity contribution in [3.8, 4) is 0 Å². The summed E-state index contributed by atoms with van der Waals surface area (Å²) in [4.78, 5) is 21.6. The van der Waals surface area contributed by atoms with Crippen molar-refractivity contribution < 1.29 is 50.5 Å². The van der Waals surface area contributed by atoms with Gasteiger partial charge in [-0.15, -0.1) is 0 Å². The number of alkyl halides is 5. The molecule has 1 aromatic heterocycles. The number of nitrogens with zero attached hydrogens (tertiary/aromatic N) is 1. The SMILES string of the molecule is O=C(O)C(F)(F)F.O=C(O[C@H]1C[C@H]2COC[C@@H](C1)N2)c1cn(CC(F)F)c2ccc(F)cc12. The average Bonchev–Trinajstić information content (AvgIpc) is 3.04. The van der Waals surface area contributed by atoms with Crippen LogP contribution in [0.3, 0.4) is 0 Å². The van der Waals surface area contributed by atoms with Gasteiger partial charge in [0.15, 0.2) is 0 Å². The summed E-state index contributed by atoms with van der Waals surface area (Å²) in [6.45, 7) is 0.581. The van der Waals surface area contributed by atoms with Gasteiger partial charge in [-0.3, -0.25) is 0 Å². The van der Waals surface area contributed by atoms with Gasteiger partial charge in [0.25, 0.3) is 6.43 Å². The molecule has 182 valence electrons. The molecule has 33 heavy (non-hydrogen) atoms. The normalized spacial score (nSPS) is 22.6. The summed E-state index contributed by atoms with van der Waals surface area (Å²) in [6.07, 6.45) is -5.35. The van der Waals surface area contributed by atoms with Crippen molar-refractivity contribution in [3.63, 3.8) is 0 Å². The molecule has 0 spiro atoms.